The lowest BCUT2D eigenvalue weighted by atomic mass is 9.97. The summed E-state index contributed by atoms with van der Waals surface area (Å²) in [7, 11) is -3.31. The molecule has 1 fully saturated rings. The topological polar surface area (TPSA) is 62.3 Å². The average Bonchev–Trinajstić information content (AvgIpc) is 2.65. The Morgan fingerprint density at radius 3 is 2.52 bits per heavy atom. The summed E-state index contributed by atoms with van der Waals surface area (Å²) in [6, 6.07) is 10.1. The van der Waals surface area contributed by atoms with Gasteiger partial charge in [0.1, 0.15) is 0 Å². The van der Waals surface area contributed by atoms with Gasteiger partial charge in [-0.3, -0.25) is 9.88 Å². The molecular weight excluding hydrogens is 358 g/mol. The number of hydrogen-bond donors (Lipinski definition) is 1. The Morgan fingerprint density at radius 1 is 1.11 bits per heavy atom. The minimum absolute atomic E-state index is 0.0569. The zero-order valence-electron chi connectivity index (χ0n) is 16.2. The minimum Gasteiger partial charge on any atom is -0.299 e. The lowest BCUT2D eigenvalue weighted by Crippen LogP contribution is -2.38. The summed E-state index contributed by atoms with van der Waals surface area (Å²) >= 11 is 0. The number of likely N-dealkylation sites (tertiary alicyclic amines) is 1. The van der Waals surface area contributed by atoms with Crippen molar-refractivity contribution in [3.05, 3.63) is 65.0 Å². The van der Waals surface area contributed by atoms with Crippen LogP contribution in [0.1, 0.15) is 35.1 Å². The Bertz CT molecular complexity index is 845. The van der Waals surface area contributed by atoms with Crippen molar-refractivity contribution in [2.75, 3.05) is 19.6 Å². The molecule has 1 aliphatic heterocycles. The van der Waals surface area contributed by atoms with Crippen molar-refractivity contribution in [3.8, 4) is 0 Å². The van der Waals surface area contributed by atoms with Crippen LogP contribution in [-0.4, -0.2) is 37.9 Å². The maximum Gasteiger partial charge on any atom is 0.215 e. The van der Waals surface area contributed by atoms with Gasteiger partial charge in [0.2, 0.25) is 10.0 Å². The maximum absolute atomic E-state index is 12.5. The number of sulfonamides is 1. The van der Waals surface area contributed by atoms with E-state index in [1.165, 1.54) is 5.56 Å². The van der Waals surface area contributed by atoms with Crippen LogP contribution in [0, 0.1) is 19.8 Å². The van der Waals surface area contributed by atoms with Crippen LogP contribution in [0.4, 0.5) is 0 Å². The summed E-state index contributed by atoms with van der Waals surface area (Å²) < 4.78 is 27.8. The molecule has 0 aliphatic carbocycles. The fourth-order valence-electron chi connectivity index (χ4n) is 3.55. The molecule has 6 heteroatoms. The van der Waals surface area contributed by atoms with Gasteiger partial charge in [-0.25, -0.2) is 13.1 Å². The molecule has 2 aromatic rings. The number of hydrogen-bond acceptors (Lipinski definition) is 4. The van der Waals surface area contributed by atoms with Crippen molar-refractivity contribution in [2.45, 2.75) is 39.0 Å². The molecular formula is C21H29N3O2S. The molecule has 3 rings (SSSR count). The van der Waals surface area contributed by atoms with E-state index >= 15 is 0 Å². The number of rotatable bonds is 7. The normalized spacial score (nSPS) is 16.5. The number of piperidine rings is 1. The first-order chi connectivity index (χ1) is 12.9. The van der Waals surface area contributed by atoms with E-state index in [4.69, 9.17) is 0 Å². The number of aryl methyl sites for hydroxylation is 2. The highest BCUT2D eigenvalue weighted by molar-refractivity contribution is 7.88. The summed E-state index contributed by atoms with van der Waals surface area (Å²) in [6.45, 7) is 7.44. The van der Waals surface area contributed by atoms with Gasteiger partial charge in [0.15, 0.2) is 0 Å². The van der Waals surface area contributed by atoms with Gasteiger partial charge in [-0.15, -0.1) is 0 Å². The molecule has 0 saturated carbocycles. The first-order valence-corrected chi connectivity index (χ1v) is 11.2. The second kappa shape index (κ2) is 8.95. The van der Waals surface area contributed by atoms with E-state index in [1.807, 2.05) is 56.6 Å². The van der Waals surface area contributed by atoms with Crippen LogP contribution >= 0.6 is 0 Å². The molecule has 0 radical (unpaired) electrons. The summed E-state index contributed by atoms with van der Waals surface area (Å²) in [5.41, 5.74) is 4.27. The van der Waals surface area contributed by atoms with Crippen molar-refractivity contribution < 1.29 is 8.42 Å². The highest BCUT2D eigenvalue weighted by Gasteiger charge is 2.21. The molecule has 0 bridgehead atoms. The maximum atomic E-state index is 12.5. The third-order valence-corrected chi connectivity index (χ3v) is 6.60. The Hall–Kier alpha value is -1.76. The molecule has 1 aliphatic rings. The van der Waals surface area contributed by atoms with Crippen molar-refractivity contribution >= 4 is 10.0 Å². The van der Waals surface area contributed by atoms with Crippen molar-refractivity contribution in [3.63, 3.8) is 0 Å². The molecule has 2 heterocycles. The lowest BCUT2D eigenvalue weighted by Gasteiger charge is -2.32. The van der Waals surface area contributed by atoms with E-state index in [2.05, 4.69) is 14.6 Å². The first kappa shape index (κ1) is 20.0. The van der Waals surface area contributed by atoms with Gasteiger partial charge in [-0.1, -0.05) is 23.8 Å². The molecule has 0 amide bonds. The second-order valence-electron chi connectivity index (χ2n) is 7.61. The summed E-state index contributed by atoms with van der Waals surface area (Å²) in [5.74, 6) is 0.466. The summed E-state index contributed by atoms with van der Waals surface area (Å²) in [6.07, 6.45) is 5.70. The third-order valence-electron chi connectivity index (χ3n) is 5.30. The van der Waals surface area contributed by atoms with E-state index in [0.29, 0.717) is 12.5 Å². The summed E-state index contributed by atoms with van der Waals surface area (Å²) in [5, 5.41) is 0. The van der Waals surface area contributed by atoms with Gasteiger partial charge in [-0.2, -0.15) is 0 Å². The van der Waals surface area contributed by atoms with E-state index in [0.717, 1.165) is 49.2 Å². The molecule has 5 nitrogen and oxygen atoms in total. The van der Waals surface area contributed by atoms with Crippen LogP contribution in [0.5, 0.6) is 0 Å². The predicted molar refractivity (Wildman–Crippen MR) is 109 cm³/mol. The van der Waals surface area contributed by atoms with E-state index < -0.39 is 10.0 Å². The number of pyridine rings is 1. The molecule has 0 unspecified atom stereocenters. The number of nitrogens with one attached hydrogen (secondary N) is 1. The zero-order valence-corrected chi connectivity index (χ0v) is 17.0. The smallest absolute Gasteiger partial charge is 0.215 e. The van der Waals surface area contributed by atoms with Crippen LogP contribution in [-0.2, 0) is 22.3 Å². The summed E-state index contributed by atoms with van der Waals surface area (Å²) in [4.78, 5) is 6.48. The van der Waals surface area contributed by atoms with Gasteiger partial charge in [-0.05, 0) is 74.5 Å². The standard InChI is InChI=1S/C21H29N3O2S/c1-17-3-4-18(2)21(13-17)16-27(25,26)23-14-19-7-11-24(12-8-19)15-20-5-9-22-10-6-20/h3-6,9-10,13,19,23H,7-8,11-12,14-16H2,1-2H3. The van der Waals surface area contributed by atoms with E-state index in [1.54, 1.807) is 0 Å². The highest BCUT2D eigenvalue weighted by atomic mass is 32.2. The van der Waals surface area contributed by atoms with Crippen LogP contribution in [0.3, 0.4) is 0 Å². The van der Waals surface area contributed by atoms with Gasteiger partial charge in [0.05, 0.1) is 5.75 Å². The van der Waals surface area contributed by atoms with Crippen molar-refractivity contribution in [2.24, 2.45) is 5.92 Å². The number of nitrogens with zero attached hydrogens (tertiary/aromatic N) is 2. The Balaban J connectivity index is 1.45. The molecule has 1 aromatic carbocycles. The van der Waals surface area contributed by atoms with Gasteiger partial charge in [0, 0.05) is 25.5 Å². The molecule has 0 spiro atoms. The lowest BCUT2D eigenvalue weighted by molar-refractivity contribution is 0.178. The Morgan fingerprint density at radius 2 is 1.81 bits per heavy atom. The van der Waals surface area contributed by atoms with Crippen LogP contribution < -0.4 is 4.72 Å². The highest BCUT2D eigenvalue weighted by Crippen LogP contribution is 2.19. The van der Waals surface area contributed by atoms with Crippen molar-refractivity contribution in [1.29, 1.82) is 0 Å². The zero-order chi connectivity index (χ0) is 19.3. The van der Waals surface area contributed by atoms with E-state index in [9.17, 15) is 8.42 Å². The SMILES string of the molecule is Cc1ccc(C)c(CS(=O)(=O)NCC2CCN(Cc3ccncc3)CC2)c1. The molecule has 1 saturated heterocycles. The molecule has 1 aromatic heterocycles. The average molecular weight is 388 g/mol. The largest absolute Gasteiger partial charge is 0.299 e. The Kier molecular flexibility index (Phi) is 6.63. The molecule has 146 valence electrons. The molecule has 0 atom stereocenters. The third kappa shape index (κ3) is 6.13. The van der Waals surface area contributed by atoms with Gasteiger partial charge >= 0.3 is 0 Å². The minimum atomic E-state index is -3.31. The number of aromatic nitrogens is 1. The predicted octanol–water partition coefficient (Wildman–Crippen LogP) is 3.03. The molecule has 1 N–H and O–H groups in total. The first-order valence-electron chi connectivity index (χ1n) is 9.56. The van der Waals surface area contributed by atoms with Gasteiger partial charge in [0.25, 0.3) is 0 Å². The van der Waals surface area contributed by atoms with E-state index in [-0.39, 0.29) is 5.75 Å². The van der Waals surface area contributed by atoms with Crippen molar-refractivity contribution in [1.82, 2.24) is 14.6 Å². The monoisotopic (exact) mass is 387 g/mol. The Labute approximate surface area is 162 Å². The van der Waals surface area contributed by atoms with Crippen LogP contribution in [0.25, 0.3) is 0 Å². The van der Waals surface area contributed by atoms with Crippen LogP contribution in [0.15, 0.2) is 42.7 Å². The van der Waals surface area contributed by atoms with Gasteiger partial charge < -0.3 is 0 Å². The second-order valence-corrected chi connectivity index (χ2v) is 9.42. The fraction of sp³-hybridized carbons (Fsp3) is 0.476. The van der Waals surface area contributed by atoms with Crippen LogP contribution in [0.2, 0.25) is 0 Å². The fourth-order valence-corrected chi connectivity index (χ4v) is 4.86. The molecule has 27 heavy (non-hydrogen) atoms. The quantitative estimate of drug-likeness (QED) is 0.793. The number of benzene rings is 1.